The summed E-state index contributed by atoms with van der Waals surface area (Å²) in [6.45, 7) is 5.19. The normalized spacial score (nSPS) is 12.4. The Morgan fingerprint density at radius 1 is 1.12 bits per heavy atom. The first-order valence-electron chi connectivity index (χ1n) is 12.4. The van der Waals surface area contributed by atoms with Crippen LogP contribution in [-0.4, -0.2) is 26.8 Å². The Labute approximate surface area is 258 Å². The Kier molecular flexibility index (Phi) is 9.97. The highest BCUT2D eigenvalue weighted by atomic mass is 79.9. The van der Waals surface area contributed by atoms with Gasteiger partial charge in [0.05, 0.1) is 27.6 Å². The number of nitrogens with one attached hydrogen (secondary N) is 3. The number of allylic oxidation sites excluding steroid dienone is 4. The number of carbonyl (C=O) groups is 1. The second kappa shape index (κ2) is 13.5. The second-order valence-electron chi connectivity index (χ2n) is 8.92. The molecule has 0 saturated heterocycles. The molecule has 0 aliphatic carbocycles. The van der Waals surface area contributed by atoms with Gasteiger partial charge in [0.2, 0.25) is 0 Å². The molecule has 0 saturated carbocycles. The molecule has 4 rings (SSSR count). The predicted octanol–water partition coefficient (Wildman–Crippen LogP) is 8.37. The molecule has 0 atom stereocenters. The number of urea groups is 1. The molecule has 218 valence electrons. The van der Waals surface area contributed by atoms with Crippen LogP contribution in [0.5, 0.6) is 0 Å². The number of carbonyl (C=O) groups excluding carboxylic acids is 1. The van der Waals surface area contributed by atoms with E-state index in [1.54, 1.807) is 16.8 Å². The van der Waals surface area contributed by atoms with E-state index in [0.717, 1.165) is 27.2 Å². The first-order valence-corrected chi connectivity index (χ1v) is 14.0. The minimum Gasteiger partial charge on any atom is -0.366 e. The molecule has 2 aromatic heterocycles. The second-order valence-corrected chi connectivity index (χ2v) is 10.7. The van der Waals surface area contributed by atoms with Gasteiger partial charge in [-0.3, -0.25) is 0 Å². The fraction of sp³-hybridized carbons (Fsp3) is 0.138. The third-order valence-corrected chi connectivity index (χ3v) is 6.96. The molecular formula is C29H24BrCl2F3N6O. The minimum absolute atomic E-state index is 0.0945. The lowest BCUT2D eigenvalue weighted by Crippen LogP contribution is -2.36. The zero-order valence-electron chi connectivity index (χ0n) is 22.1. The van der Waals surface area contributed by atoms with E-state index in [-0.39, 0.29) is 11.6 Å². The van der Waals surface area contributed by atoms with E-state index in [2.05, 4.69) is 43.6 Å². The molecule has 0 spiro atoms. The van der Waals surface area contributed by atoms with Gasteiger partial charge in [-0.1, -0.05) is 78.3 Å². The highest BCUT2D eigenvalue weighted by molar-refractivity contribution is 9.10. The summed E-state index contributed by atoms with van der Waals surface area (Å²) < 4.78 is 42.7. The molecule has 2 amide bonds. The van der Waals surface area contributed by atoms with E-state index in [4.69, 9.17) is 28.2 Å². The summed E-state index contributed by atoms with van der Waals surface area (Å²) in [5, 5.41) is 12.8. The lowest BCUT2D eigenvalue weighted by molar-refractivity contribution is -0.0897. The zero-order chi connectivity index (χ0) is 30.4. The molecule has 0 bridgehead atoms. The lowest BCUT2D eigenvalue weighted by atomic mass is 10.1. The van der Waals surface area contributed by atoms with Crippen LogP contribution in [0.4, 0.5) is 23.8 Å². The molecule has 42 heavy (non-hydrogen) atoms. The van der Waals surface area contributed by atoms with Gasteiger partial charge in [-0.05, 0) is 46.1 Å². The molecule has 3 N–H and O–H groups in total. The molecule has 2 aromatic carbocycles. The zero-order valence-corrected chi connectivity index (χ0v) is 25.2. The van der Waals surface area contributed by atoms with Gasteiger partial charge in [0.15, 0.2) is 5.65 Å². The molecule has 0 radical (unpaired) electrons. The number of hydrogen-bond donors (Lipinski definition) is 3. The maximum absolute atomic E-state index is 13.4. The van der Waals surface area contributed by atoms with Crippen molar-refractivity contribution >= 4 is 56.6 Å². The van der Waals surface area contributed by atoms with E-state index >= 15 is 0 Å². The van der Waals surface area contributed by atoms with E-state index in [1.165, 1.54) is 6.92 Å². The maximum atomic E-state index is 13.4. The average Bonchev–Trinajstić information content (AvgIpc) is 3.33. The summed E-state index contributed by atoms with van der Waals surface area (Å²) in [6.07, 6.45) is -1.28. The Hall–Kier alpha value is -3.80. The Bertz CT molecular complexity index is 1680. The van der Waals surface area contributed by atoms with E-state index in [9.17, 15) is 18.0 Å². The quantitative estimate of drug-likeness (QED) is 0.155. The summed E-state index contributed by atoms with van der Waals surface area (Å²) in [5.41, 5.74) is 2.25. The van der Waals surface area contributed by atoms with Crippen LogP contribution in [0, 0.1) is 0 Å². The van der Waals surface area contributed by atoms with Crippen LogP contribution < -0.4 is 16.0 Å². The molecule has 13 heteroatoms. The largest absolute Gasteiger partial charge is 0.418 e. The van der Waals surface area contributed by atoms with Crippen LogP contribution >= 0.6 is 39.1 Å². The van der Waals surface area contributed by atoms with Gasteiger partial charge in [0, 0.05) is 34.8 Å². The van der Waals surface area contributed by atoms with Gasteiger partial charge in [0.1, 0.15) is 5.82 Å². The number of amides is 2. The number of rotatable bonds is 9. The SMILES string of the molecule is C=C(Cl)/C=C(\C(=C/C)NC(=O)NCc1ccc(CNc2cc(-c3ccccc3Cl)nc3c(Br)cnn23)cc1)C(F)(F)F. The van der Waals surface area contributed by atoms with Gasteiger partial charge in [0.25, 0.3) is 0 Å². The minimum atomic E-state index is -4.73. The smallest absolute Gasteiger partial charge is 0.366 e. The molecule has 0 fully saturated rings. The number of fused-ring (bicyclic) bond motifs is 1. The van der Waals surface area contributed by atoms with Crippen molar-refractivity contribution in [2.24, 2.45) is 0 Å². The summed E-state index contributed by atoms with van der Waals surface area (Å²) in [6, 6.07) is 15.9. The first-order chi connectivity index (χ1) is 20.0. The summed E-state index contributed by atoms with van der Waals surface area (Å²) in [7, 11) is 0. The molecule has 7 nitrogen and oxygen atoms in total. The van der Waals surface area contributed by atoms with E-state index in [1.807, 2.05) is 48.5 Å². The number of hydrogen-bond acceptors (Lipinski definition) is 4. The van der Waals surface area contributed by atoms with Gasteiger partial charge in [-0.2, -0.15) is 22.8 Å². The van der Waals surface area contributed by atoms with Gasteiger partial charge in [-0.15, -0.1) is 0 Å². The Morgan fingerprint density at radius 3 is 2.40 bits per heavy atom. The number of benzene rings is 2. The number of nitrogens with zero attached hydrogens (tertiary/aromatic N) is 3. The molecule has 4 aromatic rings. The highest BCUT2D eigenvalue weighted by Crippen LogP contribution is 2.32. The van der Waals surface area contributed by atoms with Gasteiger partial charge in [-0.25, -0.2) is 9.78 Å². The summed E-state index contributed by atoms with van der Waals surface area (Å²) >= 11 is 15.4. The van der Waals surface area contributed by atoms with Crippen LogP contribution in [0.1, 0.15) is 18.1 Å². The number of aromatic nitrogens is 3. The van der Waals surface area contributed by atoms with Gasteiger partial charge < -0.3 is 16.0 Å². The summed E-state index contributed by atoms with van der Waals surface area (Å²) in [4.78, 5) is 17.0. The average molecular weight is 680 g/mol. The van der Waals surface area contributed by atoms with Crippen molar-refractivity contribution < 1.29 is 18.0 Å². The molecule has 0 unspecified atom stereocenters. The first kappa shape index (κ1) is 31.1. The fourth-order valence-corrected chi connectivity index (χ4v) is 4.64. The Morgan fingerprint density at radius 2 is 1.79 bits per heavy atom. The number of halogens is 6. The number of alkyl halides is 3. The fourth-order valence-electron chi connectivity index (χ4n) is 3.95. The van der Waals surface area contributed by atoms with Crippen LogP contribution in [0.3, 0.4) is 0 Å². The topological polar surface area (TPSA) is 83.4 Å². The van der Waals surface area contributed by atoms with Crippen LogP contribution in [0.15, 0.2) is 100 Å². The van der Waals surface area contributed by atoms with E-state index in [0.29, 0.717) is 34.8 Å². The van der Waals surface area contributed by atoms with Crippen LogP contribution in [0.25, 0.3) is 16.9 Å². The molecule has 0 aliphatic heterocycles. The molecule has 0 aliphatic rings. The predicted molar refractivity (Wildman–Crippen MR) is 163 cm³/mol. The third kappa shape index (κ3) is 7.72. The number of anilines is 1. The van der Waals surface area contributed by atoms with Crippen molar-refractivity contribution in [2.75, 3.05) is 5.32 Å². The lowest BCUT2D eigenvalue weighted by Gasteiger charge is -2.17. The van der Waals surface area contributed by atoms with Crippen molar-refractivity contribution in [1.82, 2.24) is 25.2 Å². The maximum Gasteiger partial charge on any atom is 0.418 e. The highest BCUT2D eigenvalue weighted by Gasteiger charge is 2.36. The Balaban J connectivity index is 1.40. The van der Waals surface area contributed by atoms with Crippen molar-refractivity contribution in [3.05, 3.63) is 116 Å². The van der Waals surface area contributed by atoms with Crippen molar-refractivity contribution in [1.29, 1.82) is 0 Å². The van der Waals surface area contributed by atoms with Crippen molar-refractivity contribution in [3.8, 4) is 11.3 Å². The summed E-state index contributed by atoms with van der Waals surface area (Å²) in [5.74, 6) is 0.702. The van der Waals surface area contributed by atoms with E-state index < -0.39 is 23.5 Å². The standard InChI is InChI=1S/C29H24BrCl2F3N6O/c1-3-24(21(12-17(2)31)29(33,34)35)40-28(42)37-15-19-10-8-18(9-11-19)14-36-26-13-25(20-6-4-5-7-23(20)32)39-27-22(30)16-38-41(26)27/h3-13,16,36H,2,14-15H2,1H3,(H2,37,40,42)/b21-12+,24-3+. The third-order valence-electron chi connectivity index (χ3n) is 5.96. The molecular weight excluding hydrogens is 656 g/mol. The molecule has 2 heterocycles. The van der Waals surface area contributed by atoms with Crippen molar-refractivity contribution in [3.63, 3.8) is 0 Å². The van der Waals surface area contributed by atoms with Crippen LogP contribution in [-0.2, 0) is 13.1 Å². The van der Waals surface area contributed by atoms with Crippen molar-refractivity contribution in [2.45, 2.75) is 26.2 Å². The van der Waals surface area contributed by atoms with Crippen LogP contribution in [0.2, 0.25) is 5.02 Å². The van der Waals surface area contributed by atoms with Gasteiger partial charge >= 0.3 is 12.2 Å². The monoisotopic (exact) mass is 678 g/mol.